The molecule has 2 aromatic rings. The molecule has 1 N–H and O–H groups in total. The number of carbonyl (C=O) groups excluding carboxylic acids is 1. The first-order valence-corrected chi connectivity index (χ1v) is 7.71. The third-order valence-corrected chi connectivity index (χ3v) is 4.37. The normalized spacial score (nSPS) is 10.7. The molecule has 0 atom stereocenters. The van der Waals surface area contributed by atoms with Gasteiger partial charge >= 0.3 is 0 Å². The first-order valence-electron chi connectivity index (χ1n) is 6.83. The second-order valence-electron chi connectivity index (χ2n) is 4.88. The SMILES string of the molecule is COCCN(Cc1sccc1C)C(=O)c1c(O)cccc1F. The third kappa shape index (κ3) is 3.64. The molecule has 22 heavy (non-hydrogen) atoms. The lowest BCUT2D eigenvalue weighted by molar-refractivity contribution is 0.0674. The van der Waals surface area contributed by atoms with Crippen LogP contribution in [0.3, 0.4) is 0 Å². The van der Waals surface area contributed by atoms with Crippen molar-refractivity contribution in [3.05, 3.63) is 51.5 Å². The topological polar surface area (TPSA) is 49.8 Å². The molecule has 1 aromatic carbocycles. The maximum absolute atomic E-state index is 13.9. The van der Waals surface area contributed by atoms with E-state index in [2.05, 4.69) is 0 Å². The third-order valence-electron chi connectivity index (χ3n) is 3.36. The number of phenolic OH excluding ortho intramolecular Hbond substituents is 1. The zero-order valence-corrected chi connectivity index (χ0v) is 13.3. The molecule has 0 unspecified atom stereocenters. The lowest BCUT2D eigenvalue weighted by atomic mass is 10.1. The molecule has 1 amide bonds. The van der Waals surface area contributed by atoms with Gasteiger partial charge in [0.25, 0.3) is 5.91 Å². The summed E-state index contributed by atoms with van der Waals surface area (Å²) in [4.78, 5) is 15.1. The Morgan fingerprint density at radius 1 is 1.41 bits per heavy atom. The molecule has 2 rings (SSSR count). The fourth-order valence-corrected chi connectivity index (χ4v) is 3.00. The van der Waals surface area contributed by atoms with Gasteiger partial charge in [-0.3, -0.25) is 4.79 Å². The number of aryl methyl sites for hydroxylation is 1. The number of amides is 1. The highest BCUT2D eigenvalue weighted by atomic mass is 32.1. The molecule has 0 spiro atoms. The molecule has 6 heteroatoms. The number of nitrogens with zero attached hydrogens (tertiary/aromatic N) is 1. The van der Waals surface area contributed by atoms with Crippen molar-refractivity contribution in [3.8, 4) is 5.75 Å². The fourth-order valence-electron chi connectivity index (χ4n) is 2.08. The molecule has 4 nitrogen and oxygen atoms in total. The van der Waals surface area contributed by atoms with E-state index < -0.39 is 11.7 Å². The minimum absolute atomic E-state index is 0.298. The Morgan fingerprint density at radius 2 is 2.18 bits per heavy atom. The van der Waals surface area contributed by atoms with Crippen molar-refractivity contribution >= 4 is 17.2 Å². The summed E-state index contributed by atoms with van der Waals surface area (Å²) < 4.78 is 18.9. The number of rotatable bonds is 6. The van der Waals surface area contributed by atoms with Gasteiger partial charge in [0.2, 0.25) is 0 Å². The van der Waals surface area contributed by atoms with Crippen molar-refractivity contribution in [2.75, 3.05) is 20.3 Å². The van der Waals surface area contributed by atoms with E-state index >= 15 is 0 Å². The van der Waals surface area contributed by atoms with Crippen molar-refractivity contribution in [1.82, 2.24) is 4.90 Å². The zero-order chi connectivity index (χ0) is 16.1. The van der Waals surface area contributed by atoms with Crippen LogP contribution < -0.4 is 0 Å². The van der Waals surface area contributed by atoms with Crippen molar-refractivity contribution in [2.24, 2.45) is 0 Å². The van der Waals surface area contributed by atoms with Crippen LogP contribution in [-0.2, 0) is 11.3 Å². The summed E-state index contributed by atoms with van der Waals surface area (Å²) in [6.45, 7) is 2.98. The van der Waals surface area contributed by atoms with E-state index in [1.165, 1.54) is 17.0 Å². The number of hydrogen-bond acceptors (Lipinski definition) is 4. The van der Waals surface area contributed by atoms with E-state index in [1.807, 2.05) is 18.4 Å². The Hall–Kier alpha value is -1.92. The minimum atomic E-state index is -0.727. The highest BCUT2D eigenvalue weighted by Crippen LogP contribution is 2.24. The van der Waals surface area contributed by atoms with Gasteiger partial charge in [-0.05, 0) is 36.1 Å². The molecule has 0 aliphatic heterocycles. The van der Waals surface area contributed by atoms with Crippen LogP contribution >= 0.6 is 11.3 Å². The maximum atomic E-state index is 13.9. The van der Waals surface area contributed by atoms with Gasteiger partial charge in [-0.15, -0.1) is 11.3 Å². The first-order chi connectivity index (χ1) is 10.5. The van der Waals surface area contributed by atoms with Crippen LogP contribution in [0.25, 0.3) is 0 Å². The van der Waals surface area contributed by atoms with Crippen LogP contribution in [-0.4, -0.2) is 36.2 Å². The number of carbonyl (C=O) groups is 1. The van der Waals surface area contributed by atoms with Gasteiger partial charge in [-0.2, -0.15) is 0 Å². The molecule has 0 aliphatic carbocycles. The summed E-state index contributed by atoms with van der Waals surface area (Å²) in [7, 11) is 1.54. The fraction of sp³-hybridized carbons (Fsp3) is 0.312. The first kappa shape index (κ1) is 16.5. The van der Waals surface area contributed by atoms with Crippen LogP contribution in [0.5, 0.6) is 5.75 Å². The quantitative estimate of drug-likeness (QED) is 0.888. The number of ether oxygens (including phenoxy) is 1. The van der Waals surface area contributed by atoms with E-state index in [-0.39, 0.29) is 11.3 Å². The van der Waals surface area contributed by atoms with Crippen molar-refractivity contribution in [3.63, 3.8) is 0 Å². The Bertz CT molecular complexity index is 636. The summed E-state index contributed by atoms with van der Waals surface area (Å²) in [5.74, 6) is -1.62. The second-order valence-corrected chi connectivity index (χ2v) is 5.88. The summed E-state index contributed by atoms with van der Waals surface area (Å²) in [5.41, 5.74) is 0.783. The van der Waals surface area contributed by atoms with Gasteiger partial charge in [0.1, 0.15) is 17.1 Å². The van der Waals surface area contributed by atoms with Gasteiger partial charge in [0, 0.05) is 18.5 Å². The van der Waals surface area contributed by atoms with Crippen LogP contribution in [0.4, 0.5) is 4.39 Å². The summed E-state index contributed by atoms with van der Waals surface area (Å²) in [5, 5.41) is 11.7. The smallest absolute Gasteiger partial charge is 0.261 e. The van der Waals surface area contributed by atoms with E-state index in [4.69, 9.17) is 4.74 Å². The second kappa shape index (κ2) is 7.38. The van der Waals surface area contributed by atoms with Gasteiger partial charge in [0.15, 0.2) is 0 Å². The Labute approximate surface area is 132 Å². The number of phenols is 1. The maximum Gasteiger partial charge on any atom is 0.261 e. The van der Waals surface area contributed by atoms with E-state index in [9.17, 15) is 14.3 Å². The van der Waals surface area contributed by atoms with Crippen molar-refractivity contribution < 1.29 is 19.0 Å². The molecule has 0 saturated carbocycles. The van der Waals surface area contributed by atoms with Crippen LogP contribution in [0.15, 0.2) is 29.6 Å². The van der Waals surface area contributed by atoms with Crippen LogP contribution in [0.2, 0.25) is 0 Å². The molecule has 0 radical (unpaired) electrons. The number of hydrogen-bond donors (Lipinski definition) is 1. The zero-order valence-electron chi connectivity index (χ0n) is 12.5. The summed E-state index contributed by atoms with van der Waals surface area (Å²) in [6.07, 6.45) is 0. The molecule has 1 heterocycles. The number of thiophene rings is 1. The lowest BCUT2D eigenvalue weighted by Gasteiger charge is -2.23. The largest absolute Gasteiger partial charge is 0.507 e. The average Bonchev–Trinajstić information content (AvgIpc) is 2.88. The number of benzene rings is 1. The number of methoxy groups -OCH3 is 1. The van der Waals surface area contributed by atoms with E-state index in [0.29, 0.717) is 19.7 Å². The molecular weight excluding hydrogens is 305 g/mol. The highest BCUT2D eigenvalue weighted by Gasteiger charge is 2.23. The molecule has 1 aromatic heterocycles. The van der Waals surface area contributed by atoms with Crippen molar-refractivity contribution in [1.29, 1.82) is 0 Å². The average molecular weight is 323 g/mol. The van der Waals surface area contributed by atoms with Gasteiger partial charge in [-0.25, -0.2) is 4.39 Å². The molecule has 0 saturated heterocycles. The number of halogens is 1. The monoisotopic (exact) mass is 323 g/mol. The van der Waals surface area contributed by atoms with Crippen molar-refractivity contribution in [2.45, 2.75) is 13.5 Å². The Balaban J connectivity index is 2.28. The molecular formula is C16H18FNO3S. The van der Waals surface area contributed by atoms with Crippen LogP contribution in [0, 0.1) is 12.7 Å². The molecule has 0 fully saturated rings. The van der Waals surface area contributed by atoms with Crippen LogP contribution in [0.1, 0.15) is 20.8 Å². The van der Waals surface area contributed by atoms with Gasteiger partial charge in [0.05, 0.1) is 13.2 Å². The van der Waals surface area contributed by atoms with E-state index in [1.54, 1.807) is 18.4 Å². The van der Waals surface area contributed by atoms with Gasteiger partial charge < -0.3 is 14.7 Å². The highest BCUT2D eigenvalue weighted by molar-refractivity contribution is 7.10. The molecule has 0 aliphatic rings. The van der Waals surface area contributed by atoms with E-state index in [0.717, 1.165) is 16.5 Å². The predicted octanol–water partition coefficient (Wildman–Crippen LogP) is 3.19. The summed E-state index contributed by atoms with van der Waals surface area (Å²) in [6, 6.07) is 5.81. The Morgan fingerprint density at radius 3 is 2.77 bits per heavy atom. The standard InChI is InChI=1S/C16H18FNO3S/c1-11-6-9-22-14(11)10-18(7-8-21-2)16(20)15-12(17)4-3-5-13(15)19/h3-6,9,19H,7-8,10H2,1-2H3. The number of aromatic hydroxyl groups is 1. The Kier molecular flexibility index (Phi) is 5.51. The molecule has 0 bridgehead atoms. The lowest BCUT2D eigenvalue weighted by Crippen LogP contribution is -2.34. The molecule has 118 valence electrons. The van der Waals surface area contributed by atoms with Gasteiger partial charge in [-0.1, -0.05) is 6.07 Å². The summed E-state index contributed by atoms with van der Waals surface area (Å²) >= 11 is 1.54. The predicted molar refractivity (Wildman–Crippen MR) is 83.7 cm³/mol. The minimum Gasteiger partial charge on any atom is -0.507 e.